The van der Waals surface area contributed by atoms with Gasteiger partial charge in [0.2, 0.25) is 10.0 Å². The van der Waals surface area contributed by atoms with Crippen molar-refractivity contribution in [2.75, 3.05) is 0 Å². The highest BCUT2D eigenvalue weighted by Gasteiger charge is 2.19. The second-order valence-electron chi connectivity index (χ2n) is 5.30. The van der Waals surface area contributed by atoms with Gasteiger partial charge in [0, 0.05) is 22.9 Å². The molecule has 0 fully saturated rings. The topological polar surface area (TPSA) is 148 Å². The Hall–Kier alpha value is -3.37. The molecule has 0 atom stereocenters. The first-order chi connectivity index (χ1) is 12.3. The number of azo groups is 1. The lowest BCUT2D eigenvalue weighted by atomic mass is 10.1. The van der Waals surface area contributed by atoms with E-state index < -0.39 is 25.5 Å². The number of primary sulfonamides is 1. The van der Waals surface area contributed by atoms with Crippen molar-refractivity contribution in [2.24, 2.45) is 15.4 Å². The maximum atomic E-state index is 11.7. The van der Waals surface area contributed by atoms with E-state index in [1.165, 1.54) is 12.1 Å². The minimum Gasteiger partial charge on any atom is -0.507 e. The van der Waals surface area contributed by atoms with Crippen molar-refractivity contribution < 1.29 is 18.4 Å². The molecule has 0 saturated carbocycles. The first-order valence-electron chi connectivity index (χ1n) is 7.21. The van der Waals surface area contributed by atoms with Crippen LogP contribution >= 0.6 is 0 Å². The third-order valence-electron chi connectivity index (χ3n) is 3.60. The summed E-state index contributed by atoms with van der Waals surface area (Å²) in [4.78, 5) is 9.61. The molecule has 0 saturated heterocycles. The van der Waals surface area contributed by atoms with E-state index in [9.17, 15) is 23.6 Å². The number of phenolic OH excluding ortho intramolecular Hbond substituents is 1. The van der Waals surface area contributed by atoms with Gasteiger partial charge in [0.1, 0.15) is 16.3 Å². The van der Waals surface area contributed by atoms with E-state index in [4.69, 9.17) is 5.14 Å². The third-order valence-corrected chi connectivity index (χ3v) is 4.54. The number of benzene rings is 3. The van der Waals surface area contributed by atoms with Crippen molar-refractivity contribution in [3.05, 3.63) is 64.7 Å². The molecule has 3 rings (SSSR count). The molecule has 0 bridgehead atoms. The predicted molar refractivity (Wildman–Crippen MR) is 94.3 cm³/mol. The number of sulfonamides is 1. The summed E-state index contributed by atoms with van der Waals surface area (Å²) in [6.45, 7) is 0. The Morgan fingerprint density at radius 3 is 2.23 bits per heavy atom. The number of nitrogens with zero attached hydrogens (tertiary/aromatic N) is 3. The van der Waals surface area contributed by atoms with Crippen LogP contribution in [0.4, 0.5) is 17.1 Å². The van der Waals surface area contributed by atoms with Gasteiger partial charge in [-0.1, -0.05) is 24.3 Å². The zero-order chi connectivity index (χ0) is 18.9. The largest absolute Gasteiger partial charge is 0.507 e. The molecule has 26 heavy (non-hydrogen) atoms. The van der Waals surface area contributed by atoms with Gasteiger partial charge in [0.15, 0.2) is 0 Å². The summed E-state index contributed by atoms with van der Waals surface area (Å²) >= 11 is 0. The summed E-state index contributed by atoms with van der Waals surface area (Å²) in [5, 5.41) is 34.9. The Balaban J connectivity index is 2.13. The smallest absolute Gasteiger partial charge is 0.270 e. The van der Waals surface area contributed by atoms with E-state index in [1.807, 2.05) is 0 Å². The fourth-order valence-electron chi connectivity index (χ4n) is 2.39. The van der Waals surface area contributed by atoms with Crippen LogP contribution < -0.4 is 5.14 Å². The van der Waals surface area contributed by atoms with Crippen molar-refractivity contribution in [1.29, 1.82) is 0 Å². The van der Waals surface area contributed by atoms with Crippen molar-refractivity contribution in [3.63, 3.8) is 0 Å². The van der Waals surface area contributed by atoms with Gasteiger partial charge in [-0.2, -0.15) is 0 Å². The minimum absolute atomic E-state index is 0.0695. The number of nitro benzene ring substituents is 1. The number of non-ortho nitro benzene ring substituents is 1. The first kappa shape index (κ1) is 17.5. The number of nitrogens with two attached hydrogens (primary N) is 1. The van der Waals surface area contributed by atoms with Crippen LogP contribution in [0.5, 0.6) is 5.75 Å². The Bertz CT molecular complexity index is 1160. The summed E-state index contributed by atoms with van der Waals surface area (Å²) in [5.41, 5.74) is -0.171. The maximum absolute atomic E-state index is 11.7. The van der Waals surface area contributed by atoms with Crippen molar-refractivity contribution >= 4 is 37.9 Å². The highest BCUT2D eigenvalue weighted by Crippen LogP contribution is 2.34. The molecule has 0 unspecified atom stereocenters. The molecule has 0 spiro atoms. The number of hydrogen-bond acceptors (Lipinski definition) is 7. The molecular weight excluding hydrogens is 360 g/mol. The normalized spacial score (nSPS) is 11.9. The van der Waals surface area contributed by atoms with Crippen LogP contribution in [0, 0.1) is 10.1 Å². The van der Waals surface area contributed by atoms with Crippen LogP contribution in [-0.4, -0.2) is 18.4 Å². The molecule has 3 N–H and O–H groups in total. The van der Waals surface area contributed by atoms with Crippen molar-refractivity contribution in [1.82, 2.24) is 0 Å². The number of fused-ring (bicyclic) bond motifs is 1. The Morgan fingerprint density at radius 1 is 0.962 bits per heavy atom. The summed E-state index contributed by atoms with van der Waals surface area (Å²) in [6, 6.07) is 13.0. The van der Waals surface area contributed by atoms with Crippen LogP contribution in [0.25, 0.3) is 10.8 Å². The average molecular weight is 372 g/mol. The first-order valence-corrected chi connectivity index (χ1v) is 8.76. The highest BCUT2D eigenvalue weighted by molar-refractivity contribution is 7.89. The minimum atomic E-state index is -4.24. The molecule has 132 valence electrons. The number of phenols is 1. The van der Waals surface area contributed by atoms with Gasteiger partial charge in [0.05, 0.1) is 10.6 Å². The quantitative estimate of drug-likeness (QED) is 0.408. The molecule has 10 heteroatoms. The fraction of sp³-hybridized carbons (Fsp3) is 0. The summed E-state index contributed by atoms with van der Waals surface area (Å²) in [5.74, 6) is 0.0695. The Morgan fingerprint density at radius 2 is 1.58 bits per heavy atom. The lowest BCUT2D eigenvalue weighted by Gasteiger charge is -2.04. The summed E-state index contributed by atoms with van der Waals surface area (Å²) in [7, 11) is -4.24. The number of nitro groups is 1. The highest BCUT2D eigenvalue weighted by atomic mass is 32.2. The lowest BCUT2D eigenvalue weighted by molar-refractivity contribution is -0.385. The van der Waals surface area contributed by atoms with E-state index >= 15 is 0 Å². The molecule has 0 aliphatic rings. The molecule has 0 aromatic heterocycles. The van der Waals surface area contributed by atoms with Gasteiger partial charge < -0.3 is 5.11 Å². The van der Waals surface area contributed by atoms with Crippen molar-refractivity contribution in [2.45, 2.75) is 4.90 Å². The number of rotatable bonds is 4. The van der Waals surface area contributed by atoms with Gasteiger partial charge >= 0.3 is 0 Å². The van der Waals surface area contributed by atoms with E-state index in [0.29, 0.717) is 16.5 Å². The van der Waals surface area contributed by atoms with Crippen LogP contribution in [0.15, 0.2) is 69.7 Å². The summed E-state index contributed by atoms with van der Waals surface area (Å²) in [6.07, 6.45) is 0. The van der Waals surface area contributed by atoms with Gasteiger partial charge in [-0.25, -0.2) is 13.6 Å². The van der Waals surface area contributed by atoms with E-state index in [1.54, 1.807) is 24.3 Å². The second-order valence-corrected chi connectivity index (χ2v) is 6.83. The lowest BCUT2D eigenvalue weighted by Crippen LogP contribution is -2.12. The molecular formula is C16H12N4O5S. The van der Waals surface area contributed by atoms with Crippen molar-refractivity contribution in [3.8, 4) is 5.75 Å². The van der Waals surface area contributed by atoms with Gasteiger partial charge in [-0.05, 0) is 18.2 Å². The number of hydrogen-bond donors (Lipinski definition) is 2. The molecule has 3 aromatic carbocycles. The molecule has 0 aliphatic carbocycles. The van der Waals surface area contributed by atoms with Crippen LogP contribution in [-0.2, 0) is 10.0 Å². The Labute approximate surface area is 147 Å². The zero-order valence-corrected chi connectivity index (χ0v) is 13.9. The maximum Gasteiger partial charge on any atom is 0.270 e. The molecule has 0 radical (unpaired) electrons. The van der Waals surface area contributed by atoms with Crippen LogP contribution in [0.2, 0.25) is 0 Å². The van der Waals surface area contributed by atoms with Gasteiger partial charge in [-0.3, -0.25) is 10.1 Å². The zero-order valence-electron chi connectivity index (χ0n) is 13.1. The SMILES string of the molecule is NS(=O)(=O)c1cc([N+](=O)[O-])ccc1N=Nc1ccc(O)c2ccccc12. The molecule has 3 aromatic rings. The second kappa shape index (κ2) is 6.50. The number of aromatic hydroxyl groups is 1. The summed E-state index contributed by atoms with van der Waals surface area (Å²) < 4.78 is 23.4. The molecule has 0 heterocycles. The van der Waals surface area contributed by atoms with Gasteiger partial charge in [-0.15, -0.1) is 10.2 Å². The fourth-order valence-corrected chi connectivity index (χ4v) is 3.07. The van der Waals surface area contributed by atoms with Crippen LogP contribution in [0.1, 0.15) is 0 Å². The van der Waals surface area contributed by atoms with E-state index in [0.717, 1.165) is 18.2 Å². The average Bonchev–Trinajstić information content (AvgIpc) is 2.60. The van der Waals surface area contributed by atoms with Gasteiger partial charge in [0.25, 0.3) is 5.69 Å². The van der Waals surface area contributed by atoms with Crippen LogP contribution in [0.3, 0.4) is 0 Å². The molecule has 0 amide bonds. The van der Waals surface area contributed by atoms with E-state index in [-0.39, 0.29) is 11.4 Å². The third kappa shape index (κ3) is 3.36. The Kier molecular flexibility index (Phi) is 4.36. The monoisotopic (exact) mass is 372 g/mol. The molecule has 9 nitrogen and oxygen atoms in total. The predicted octanol–water partition coefficient (Wildman–Crippen LogP) is 3.52. The standard InChI is InChI=1S/C16H12N4O5S/c17-26(24,25)16-9-10(20(22)23)5-6-14(16)19-18-13-7-8-15(21)12-4-2-1-3-11(12)13/h1-9,21H,(H2,17,24,25). The molecule has 0 aliphatic heterocycles. The van der Waals surface area contributed by atoms with E-state index in [2.05, 4.69) is 10.2 Å².